The Labute approximate surface area is 165 Å². The van der Waals surface area contributed by atoms with Gasteiger partial charge in [-0.25, -0.2) is 9.18 Å². The second-order valence-corrected chi connectivity index (χ2v) is 6.36. The standard InChI is InChI=1S/C22H18FNO5/c23-16-9-6-14(7-10-16)8-11-18(25)17-12-24-19(22(27)28)21(20(17)26)29-13-15-4-2-1-3-5-15/h1-7,9-10,12H,8,11,13H2,(H,24,26)(H,27,28). The second kappa shape index (κ2) is 8.97. The van der Waals surface area contributed by atoms with Gasteiger partial charge in [0.05, 0.1) is 5.56 Å². The monoisotopic (exact) mass is 395 g/mol. The molecular weight excluding hydrogens is 377 g/mol. The minimum Gasteiger partial charge on any atom is -0.482 e. The van der Waals surface area contributed by atoms with E-state index in [1.54, 1.807) is 36.4 Å². The van der Waals surface area contributed by atoms with Gasteiger partial charge in [-0.15, -0.1) is 0 Å². The highest BCUT2D eigenvalue weighted by molar-refractivity contribution is 5.97. The van der Waals surface area contributed by atoms with Gasteiger partial charge in [0.1, 0.15) is 12.4 Å². The number of aryl methyl sites for hydroxylation is 1. The van der Waals surface area contributed by atoms with Crippen LogP contribution in [-0.4, -0.2) is 21.8 Å². The van der Waals surface area contributed by atoms with E-state index in [1.165, 1.54) is 12.1 Å². The number of aromatic nitrogens is 1. The minimum absolute atomic E-state index is 0.0132. The number of ether oxygens (including phenoxy) is 1. The number of hydrogen-bond acceptors (Lipinski definition) is 4. The number of benzene rings is 2. The van der Waals surface area contributed by atoms with Crippen LogP contribution < -0.4 is 10.2 Å². The van der Waals surface area contributed by atoms with Gasteiger partial charge in [-0.1, -0.05) is 42.5 Å². The Kier molecular flexibility index (Phi) is 6.19. The largest absolute Gasteiger partial charge is 0.482 e. The molecule has 29 heavy (non-hydrogen) atoms. The normalized spacial score (nSPS) is 10.5. The highest BCUT2D eigenvalue weighted by Crippen LogP contribution is 2.16. The summed E-state index contributed by atoms with van der Waals surface area (Å²) in [5.74, 6) is -2.61. The molecule has 1 heterocycles. The van der Waals surface area contributed by atoms with E-state index in [0.717, 1.165) is 17.3 Å². The summed E-state index contributed by atoms with van der Waals surface area (Å²) in [5.41, 5.74) is 0.123. The van der Waals surface area contributed by atoms with E-state index in [2.05, 4.69) is 4.98 Å². The van der Waals surface area contributed by atoms with Crippen LogP contribution in [0.4, 0.5) is 4.39 Å². The molecule has 6 nitrogen and oxygen atoms in total. The van der Waals surface area contributed by atoms with Crippen molar-refractivity contribution in [3.63, 3.8) is 0 Å². The van der Waals surface area contributed by atoms with Crippen LogP contribution in [-0.2, 0) is 13.0 Å². The lowest BCUT2D eigenvalue weighted by atomic mass is 10.0. The quantitative estimate of drug-likeness (QED) is 0.568. The zero-order valence-corrected chi connectivity index (χ0v) is 15.4. The number of Topliss-reactive ketones (excluding diaryl/α,β-unsaturated/α-hetero) is 1. The fourth-order valence-electron chi connectivity index (χ4n) is 2.79. The van der Waals surface area contributed by atoms with Crippen LogP contribution >= 0.6 is 0 Å². The van der Waals surface area contributed by atoms with Gasteiger partial charge in [0, 0.05) is 12.6 Å². The summed E-state index contributed by atoms with van der Waals surface area (Å²) in [7, 11) is 0. The Morgan fingerprint density at radius 1 is 1.00 bits per heavy atom. The Morgan fingerprint density at radius 3 is 2.34 bits per heavy atom. The first-order valence-corrected chi connectivity index (χ1v) is 8.89. The summed E-state index contributed by atoms with van der Waals surface area (Å²) in [6.07, 6.45) is 1.42. The zero-order valence-electron chi connectivity index (χ0n) is 15.4. The van der Waals surface area contributed by atoms with E-state index in [1.807, 2.05) is 6.07 Å². The van der Waals surface area contributed by atoms with E-state index in [-0.39, 0.29) is 24.4 Å². The topological polar surface area (TPSA) is 96.5 Å². The van der Waals surface area contributed by atoms with Crippen molar-refractivity contribution in [2.45, 2.75) is 19.4 Å². The molecule has 0 amide bonds. The lowest BCUT2D eigenvalue weighted by Crippen LogP contribution is -2.22. The summed E-state index contributed by atoms with van der Waals surface area (Å²) in [6.45, 7) is -0.0164. The van der Waals surface area contributed by atoms with Crippen LogP contribution in [0.3, 0.4) is 0 Å². The van der Waals surface area contributed by atoms with Crippen molar-refractivity contribution < 1.29 is 23.8 Å². The number of hydrogen-bond donors (Lipinski definition) is 2. The highest BCUT2D eigenvalue weighted by Gasteiger charge is 2.22. The number of pyridine rings is 1. The van der Waals surface area contributed by atoms with E-state index in [0.29, 0.717) is 6.42 Å². The Hall–Kier alpha value is -3.74. The highest BCUT2D eigenvalue weighted by atomic mass is 19.1. The number of carboxylic acids is 1. The van der Waals surface area contributed by atoms with Gasteiger partial charge in [0.25, 0.3) is 0 Å². The summed E-state index contributed by atoms with van der Waals surface area (Å²) in [4.78, 5) is 39.2. The van der Waals surface area contributed by atoms with Crippen molar-refractivity contribution >= 4 is 11.8 Å². The maximum atomic E-state index is 13.0. The Morgan fingerprint density at radius 2 is 1.69 bits per heavy atom. The molecular formula is C22H18FNO5. The van der Waals surface area contributed by atoms with E-state index in [4.69, 9.17) is 4.74 Å². The Balaban J connectivity index is 1.81. The van der Waals surface area contributed by atoms with Gasteiger partial charge in [-0.05, 0) is 29.7 Å². The van der Waals surface area contributed by atoms with Gasteiger partial charge in [-0.3, -0.25) is 9.59 Å². The zero-order chi connectivity index (χ0) is 20.8. The molecule has 0 spiro atoms. The number of rotatable bonds is 8. The molecule has 1 aromatic heterocycles. The molecule has 148 valence electrons. The van der Waals surface area contributed by atoms with Crippen LogP contribution in [0.1, 0.15) is 38.4 Å². The molecule has 0 aliphatic rings. The first-order chi connectivity index (χ1) is 14.0. The SMILES string of the molecule is O=C(O)c1[nH]cc(C(=O)CCc2ccc(F)cc2)c(=O)c1OCc1ccccc1. The van der Waals surface area contributed by atoms with Gasteiger partial charge in [0.2, 0.25) is 5.43 Å². The third kappa shape index (κ3) is 4.95. The number of aromatic amines is 1. The molecule has 3 aromatic rings. The molecule has 0 saturated heterocycles. The number of carbonyl (C=O) groups is 2. The van der Waals surface area contributed by atoms with Crippen molar-refractivity contribution in [2.24, 2.45) is 0 Å². The van der Waals surface area contributed by atoms with Crippen molar-refractivity contribution in [3.05, 3.63) is 99.2 Å². The molecule has 0 atom stereocenters. The molecule has 2 N–H and O–H groups in total. The van der Waals surface area contributed by atoms with Gasteiger partial charge >= 0.3 is 5.97 Å². The average molecular weight is 395 g/mol. The van der Waals surface area contributed by atoms with Crippen molar-refractivity contribution in [3.8, 4) is 5.75 Å². The molecule has 7 heteroatoms. The number of H-pyrrole nitrogens is 1. The predicted octanol–water partition coefficient (Wildman–Crippen LogP) is 3.61. The molecule has 3 rings (SSSR count). The molecule has 2 aromatic carbocycles. The van der Waals surface area contributed by atoms with Crippen LogP contribution in [0.2, 0.25) is 0 Å². The smallest absolute Gasteiger partial charge is 0.356 e. The second-order valence-electron chi connectivity index (χ2n) is 6.36. The molecule has 0 fully saturated rings. The lowest BCUT2D eigenvalue weighted by Gasteiger charge is -2.10. The van der Waals surface area contributed by atoms with Crippen molar-refractivity contribution in [1.82, 2.24) is 4.98 Å². The molecule has 0 aliphatic heterocycles. The average Bonchev–Trinajstić information content (AvgIpc) is 2.72. The van der Waals surface area contributed by atoms with Crippen LogP contribution in [0.15, 0.2) is 65.6 Å². The van der Waals surface area contributed by atoms with Crippen LogP contribution in [0, 0.1) is 5.82 Å². The third-order valence-electron chi connectivity index (χ3n) is 4.33. The predicted molar refractivity (Wildman–Crippen MR) is 104 cm³/mol. The first-order valence-electron chi connectivity index (χ1n) is 8.89. The fraction of sp³-hybridized carbons (Fsp3) is 0.136. The minimum atomic E-state index is -1.37. The van der Waals surface area contributed by atoms with Gasteiger partial charge in [-0.2, -0.15) is 0 Å². The summed E-state index contributed by atoms with van der Waals surface area (Å²) in [5, 5.41) is 9.33. The van der Waals surface area contributed by atoms with Gasteiger partial charge < -0.3 is 14.8 Å². The number of carbonyl (C=O) groups excluding carboxylic acids is 1. The third-order valence-corrected chi connectivity index (χ3v) is 4.33. The summed E-state index contributed by atoms with van der Waals surface area (Å²) < 4.78 is 18.4. The number of ketones is 1. The number of carboxylic acid groups (broad SMARTS) is 1. The van der Waals surface area contributed by atoms with E-state index >= 15 is 0 Å². The molecule has 0 saturated carbocycles. The molecule has 0 aliphatic carbocycles. The number of halogens is 1. The van der Waals surface area contributed by atoms with Crippen LogP contribution in [0.5, 0.6) is 5.75 Å². The van der Waals surface area contributed by atoms with Gasteiger partial charge in [0.15, 0.2) is 17.2 Å². The fourth-order valence-corrected chi connectivity index (χ4v) is 2.79. The maximum Gasteiger partial charge on any atom is 0.356 e. The Bertz CT molecular complexity index is 1070. The molecule has 0 bridgehead atoms. The number of nitrogens with one attached hydrogen (secondary N) is 1. The van der Waals surface area contributed by atoms with Crippen LogP contribution in [0.25, 0.3) is 0 Å². The van der Waals surface area contributed by atoms with E-state index < -0.39 is 28.6 Å². The molecule has 0 radical (unpaired) electrons. The molecule has 0 unspecified atom stereocenters. The maximum absolute atomic E-state index is 13.0. The summed E-state index contributed by atoms with van der Waals surface area (Å²) >= 11 is 0. The number of aromatic carboxylic acids is 1. The summed E-state index contributed by atoms with van der Waals surface area (Å²) in [6, 6.07) is 14.7. The first kappa shape index (κ1) is 20.0. The van der Waals surface area contributed by atoms with Crippen molar-refractivity contribution in [1.29, 1.82) is 0 Å². The van der Waals surface area contributed by atoms with E-state index in [9.17, 15) is 23.9 Å². The lowest BCUT2D eigenvalue weighted by molar-refractivity contribution is 0.0683. The van der Waals surface area contributed by atoms with Crippen molar-refractivity contribution in [2.75, 3.05) is 0 Å².